The van der Waals surface area contributed by atoms with Crippen molar-refractivity contribution in [2.24, 2.45) is 5.73 Å². The largest absolute Gasteiger partial charge is 0.351 e. The predicted molar refractivity (Wildman–Crippen MR) is 79.9 cm³/mol. The second-order valence-corrected chi connectivity index (χ2v) is 5.96. The van der Waals surface area contributed by atoms with Gasteiger partial charge in [-0.25, -0.2) is 14.1 Å². The van der Waals surface area contributed by atoms with Crippen LogP contribution in [0.3, 0.4) is 0 Å². The highest BCUT2D eigenvalue weighted by molar-refractivity contribution is 7.12. The van der Waals surface area contributed by atoms with Gasteiger partial charge in [-0.15, -0.1) is 11.3 Å². The fourth-order valence-electron chi connectivity index (χ4n) is 2.42. The standard InChI is InChI=1S/C14H8ClFN2O3S/c15-6-1-2-9-7(5-6)10(13(20)18(9)14(17)21)11(19)12-8(16)3-4-22-12/h1-5,10H,(H2,17,21). The Balaban J connectivity index is 2.15. The van der Waals surface area contributed by atoms with Gasteiger partial charge in [-0.2, -0.15) is 0 Å². The van der Waals surface area contributed by atoms with Gasteiger partial charge in [0, 0.05) is 5.02 Å². The van der Waals surface area contributed by atoms with Crippen LogP contribution in [0.5, 0.6) is 0 Å². The molecule has 1 aromatic carbocycles. The molecule has 0 spiro atoms. The Labute approximate surface area is 133 Å². The van der Waals surface area contributed by atoms with Gasteiger partial charge in [-0.1, -0.05) is 11.6 Å². The first kappa shape index (κ1) is 14.7. The fraction of sp³-hybridized carbons (Fsp3) is 0.0714. The molecule has 2 aromatic rings. The maximum atomic E-state index is 13.6. The van der Waals surface area contributed by atoms with E-state index < -0.39 is 29.5 Å². The Morgan fingerprint density at radius 3 is 2.64 bits per heavy atom. The van der Waals surface area contributed by atoms with E-state index in [1.807, 2.05) is 0 Å². The van der Waals surface area contributed by atoms with E-state index in [9.17, 15) is 18.8 Å². The third-order valence-electron chi connectivity index (χ3n) is 3.33. The van der Waals surface area contributed by atoms with Crippen LogP contribution in [0.2, 0.25) is 5.02 Å². The van der Waals surface area contributed by atoms with Crippen molar-refractivity contribution in [2.75, 3.05) is 4.90 Å². The number of hydrogen-bond acceptors (Lipinski definition) is 4. The van der Waals surface area contributed by atoms with Crippen LogP contribution < -0.4 is 10.6 Å². The van der Waals surface area contributed by atoms with Gasteiger partial charge in [-0.3, -0.25) is 9.59 Å². The molecule has 112 valence electrons. The Morgan fingerprint density at radius 2 is 2.05 bits per heavy atom. The van der Waals surface area contributed by atoms with E-state index in [1.54, 1.807) is 0 Å². The number of carbonyl (C=O) groups is 3. The molecule has 0 radical (unpaired) electrons. The molecule has 1 aliphatic rings. The Kier molecular flexibility index (Phi) is 3.46. The van der Waals surface area contributed by atoms with Crippen LogP contribution in [-0.2, 0) is 4.79 Å². The van der Waals surface area contributed by atoms with Crippen molar-refractivity contribution in [3.8, 4) is 0 Å². The molecule has 1 aliphatic heterocycles. The number of ketones is 1. The van der Waals surface area contributed by atoms with Crippen LogP contribution in [0.25, 0.3) is 0 Å². The van der Waals surface area contributed by atoms with Gasteiger partial charge in [0.2, 0.25) is 0 Å². The minimum absolute atomic E-state index is 0.171. The molecule has 22 heavy (non-hydrogen) atoms. The monoisotopic (exact) mass is 338 g/mol. The van der Waals surface area contributed by atoms with Crippen LogP contribution in [0.1, 0.15) is 21.2 Å². The average molecular weight is 339 g/mol. The van der Waals surface area contributed by atoms with Crippen LogP contribution in [0.4, 0.5) is 14.9 Å². The van der Waals surface area contributed by atoms with Gasteiger partial charge < -0.3 is 5.73 Å². The number of fused-ring (bicyclic) bond motifs is 1. The van der Waals surface area contributed by atoms with Gasteiger partial charge in [0.25, 0.3) is 5.91 Å². The minimum atomic E-state index is -1.32. The molecule has 1 unspecified atom stereocenters. The van der Waals surface area contributed by atoms with E-state index in [4.69, 9.17) is 17.3 Å². The average Bonchev–Trinajstić information content (AvgIpc) is 2.98. The molecule has 5 nitrogen and oxygen atoms in total. The first-order chi connectivity index (χ1) is 10.4. The van der Waals surface area contributed by atoms with Crippen molar-refractivity contribution in [1.29, 1.82) is 0 Å². The number of urea groups is 1. The number of nitrogens with two attached hydrogens (primary N) is 1. The third-order valence-corrected chi connectivity index (χ3v) is 4.47. The lowest BCUT2D eigenvalue weighted by molar-refractivity contribution is -0.117. The van der Waals surface area contributed by atoms with Gasteiger partial charge in [0.15, 0.2) is 5.78 Å². The molecule has 2 N–H and O–H groups in total. The lowest BCUT2D eigenvalue weighted by Crippen LogP contribution is -2.40. The summed E-state index contributed by atoms with van der Waals surface area (Å²) >= 11 is 6.79. The Bertz CT molecular complexity index is 820. The number of carbonyl (C=O) groups excluding carboxylic acids is 3. The second kappa shape index (κ2) is 5.19. The summed E-state index contributed by atoms with van der Waals surface area (Å²) in [7, 11) is 0. The molecule has 8 heteroatoms. The topological polar surface area (TPSA) is 80.5 Å². The van der Waals surface area contributed by atoms with E-state index in [0.29, 0.717) is 9.92 Å². The summed E-state index contributed by atoms with van der Waals surface area (Å²) in [6.45, 7) is 0. The fourth-order valence-corrected chi connectivity index (χ4v) is 3.34. The van der Waals surface area contributed by atoms with Crippen LogP contribution in [-0.4, -0.2) is 17.7 Å². The van der Waals surface area contributed by atoms with Gasteiger partial charge in [-0.05, 0) is 35.2 Å². The molecule has 0 saturated heterocycles. The number of anilines is 1. The molecule has 0 fully saturated rings. The van der Waals surface area contributed by atoms with Crippen molar-refractivity contribution >= 4 is 46.3 Å². The normalized spacial score (nSPS) is 16.7. The summed E-state index contributed by atoms with van der Waals surface area (Å²) in [5.41, 5.74) is 5.64. The summed E-state index contributed by atoms with van der Waals surface area (Å²) in [4.78, 5) is 36.9. The number of nitrogens with zero attached hydrogens (tertiary/aromatic N) is 1. The van der Waals surface area contributed by atoms with Crippen molar-refractivity contribution in [1.82, 2.24) is 0 Å². The minimum Gasteiger partial charge on any atom is -0.351 e. The number of thiophene rings is 1. The van der Waals surface area contributed by atoms with E-state index in [-0.39, 0.29) is 16.1 Å². The number of benzene rings is 1. The number of imide groups is 1. The highest BCUT2D eigenvalue weighted by Crippen LogP contribution is 2.41. The first-order valence-corrected chi connectivity index (χ1v) is 7.37. The van der Waals surface area contributed by atoms with Gasteiger partial charge >= 0.3 is 6.03 Å². The van der Waals surface area contributed by atoms with Crippen molar-refractivity contribution in [3.63, 3.8) is 0 Å². The van der Waals surface area contributed by atoms with Crippen molar-refractivity contribution in [2.45, 2.75) is 5.92 Å². The zero-order valence-electron chi connectivity index (χ0n) is 10.9. The number of Topliss-reactive ketones (excluding diaryl/α,β-unsaturated/α-hetero) is 1. The number of halogens is 2. The van der Waals surface area contributed by atoms with Gasteiger partial charge in [0.1, 0.15) is 16.6 Å². The molecule has 0 aliphatic carbocycles. The van der Waals surface area contributed by atoms with Gasteiger partial charge in [0.05, 0.1) is 5.69 Å². The number of rotatable bonds is 2. The highest BCUT2D eigenvalue weighted by Gasteiger charge is 2.45. The molecule has 0 saturated carbocycles. The summed E-state index contributed by atoms with van der Waals surface area (Å²) < 4.78 is 13.6. The van der Waals surface area contributed by atoms with E-state index in [0.717, 1.165) is 17.4 Å². The van der Waals surface area contributed by atoms with Crippen LogP contribution in [0.15, 0.2) is 29.6 Å². The zero-order valence-corrected chi connectivity index (χ0v) is 12.5. The highest BCUT2D eigenvalue weighted by atomic mass is 35.5. The van der Waals surface area contributed by atoms with E-state index in [1.165, 1.54) is 23.6 Å². The summed E-state index contributed by atoms with van der Waals surface area (Å²) in [6.07, 6.45) is 0. The number of hydrogen-bond donors (Lipinski definition) is 1. The summed E-state index contributed by atoms with van der Waals surface area (Å²) in [5.74, 6) is -3.55. The molecular formula is C14H8ClFN2O3S. The number of primary amides is 1. The molecule has 3 rings (SSSR count). The second-order valence-electron chi connectivity index (χ2n) is 4.61. The lowest BCUT2D eigenvalue weighted by atomic mass is 9.95. The molecular weight excluding hydrogens is 331 g/mol. The maximum absolute atomic E-state index is 13.6. The summed E-state index contributed by atoms with van der Waals surface area (Å²) in [5, 5.41) is 1.70. The predicted octanol–water partition coefficient (Wildman–Crippen LogP) is 2.93. The summed E-state index contributed by atoms with van der Waals surface area (Å²) in [6, 6.07) is 4.45. The molecule has 2 heterocycles. The van der Waals surface area contributed by atoms with Crippen molar-refractivity contribution < 1.29 is 18.8 Å². The number of amides is 3. The molecule has 1 atom stereocenters. The zero-order chi connectivity index (χ0) is 16.0. The maximum Gasteiger partial charge on any atom is 0.326 e. The molecule has 1 aromatic heterocycles. The van der Waals surface area contributed by atoms with Crippen LogP contribution >= 0.6 is 22.9 Å². The molecule has 0 bridgehead atoms. The van der Waals surface area contributed by atoms with E-state index in [2.05, 4.69) is 0 Å². The Morgan fingerprint density at radius 1 is 1.32 bits per heavy atom. The molecule has 3 amide bonds. The van der Waals surface area contributed by atoms with Crippen molar-refractivity contribution in [3.05, 3.63) is 50.9 Å². The SMILES string of the molecule is NC(=O)N1C(=O)C(C(=O)c2sccc2F)c2cc(Cl)ccc21. The Hall–Kier alpha value is -2.25. The van der Waals surface area contributed by atoms with E-state index >= 15 is 0 Å². The smallest absolute Gasteiger partial charge is 0.326 e. The third kappa shape index (κ3) is 2.10. The quantitative estimate of drug-likeness (QED) is 0.675. The first-order valence-electron chi connectivity index (χ1n) is 6.12. The van der Waals surface area contributed by atoms with Crippen LogP contribution in [0, 0.1) is 5.82 Å². The lowest BCUT2D eigenvalue weighted by Gasteiger charge is -2.12.